The van der Waals surface area contributed by atoms with Crippen LogP contribution in [0.15, 0.2) is 18.2 Å². The van der Waals surface area contributed by atoms with Gasteiger partial charge in [-0.05, 0) is 56.7 Å². The van der Waals surface area contributed by atoms with Crippen LogP contribution in [0.2, 0.25) is 0 Å². The van der Waals surface area contributed by atoms with Gasteiger partial charge in [0, 0.05) is 29.4 Å². The molecule has 2 aliphatic rings. The molecule has 2 heterocycles. The van der Waals surface area contributed by atoms with Crippen LogP contribution in [0, 0.1) is 5.92 Å². The van der Waals surface area contributed by atoms with Crippen molar-refractivity contribution in [3.63, 3.8) is 0 Å². The number of aromatic nitrogens is 1. The molecule has 30 heavy (non-hydrogen) atoms. The molecule has 0 saturated heterocycles. The SMILES string of the molecule is CCS(=O)(=O)N[C@H]1CC[C@H](CNc2nc3c(s2)CCOc2ccc(OC)cc2-3)CC1. The monoisotopic (exact) mass is 451 g/mol. The summed E-state index contributed by atoms with van der Waals surface area (Å²) in [6.07, 6.45) is 4.66. The van der Waals surface area contributed by atoms with Gasteiger partial charge in [0.2, 0.25) is 10.0 Å². The van der Waals surface area contributed by atoms with E-state index in [1.54, 1.807) is 25.4 Å². The van der Waals surface area contributed by atoms with Gasteiger partial charge in [0.15, 0.2) is 5.13 Å². The molecule has 2 N–H and O–H groups in total. The number of rotatable bonds is 7. The first-order valence-corrected chi connectivity index (χ1v) is 13.0. The molecule has 0 amide bonds. The van der Waals surface area contributed by atoms with Gasteiger partial charge in [-0.25, -0.2) is 18.1 Å². The molecule has 0 atom stereocenters. The number of hydrogen-bond acceptors (Lipinski definition) is 7. The molecule has 2 aromatic rings. The summed E-state index contributed by atoms with van der Waals surface area (Å²) >= 11 is 1.69. The van der Waals surface area contributed by atoms with Crippen LogP contribution < -0.4 is 19.5 Å². The Labute approximate surface area is 182 Å². The Morgan fingerprint density at radius 3 is 2.80 bits per heavy atom. The van der Waals surface area contributed by atoms with E-state index in [1.807, 2.05) is 18.2 Å². The third kappa shape index (κ3) is 4.90. The van der Waals surface area contributed by atoms with Crippen LogP contribution in [0.3, 0.4) is 0 Å². The minimum absolute atomic E-state index is 0.0774. The third-order valence-electron chi connectivity index (χ3n) is 5.84. The summed E-state index contributed by atoms with van der Waals surface area (Å²) < 4.78 is 37.6. The predicted molar refractivity (Wildman–Crippen MR) is 120 cm³/mol. The number of sulfonamides is 1. The van der Waals surface area contributed by atoms with E-state index >= 15 is 0 Å². The van der Waals surface area contributed by atoms with E-state index in [4.69, 9.17) is 14.5 Å². The van der Waals surface area contributed by atoms with Crippen LogP contribution in [-0.2, 0) is 16.4 Å². The zero-order valence-electron chi connectivity index (χ0n) is 17.4. The summed E-state index contributed by atoms with van der Waals surface area (Å²) in [5, 5.41) is 4.46. The van der Waals surface area contributed by atoms with Crippen LogP contribution in [0.1, 0.15) is 37.5 Å². The van der Waals surface area contributed by atoms with Crippen LogP contribution in [-0.4, -0.2) is 45.5 Å². The highest BCUT2D eigenvalue weighted by molar-refractivity contribution is 7.89. The van der Waals surface area contributed by atoms with Gasteiger partial charge in [-0.15, -0.1) is 11.3 Å². The van der Waals surface area contributed by atoms with E-state index in [-0.39, 0.29) is 11.8 Å². The van der Waals surface area contributed by atoms with Crippen molar-refractivity contribution in [2.75, 3.05) is 31.3 Å². The average Bonchev–Trinajstić information content (AvgIpc) is 3.08. The smallest absolute Gasteiger partial charge is 0.211 e. The third-order valence-corrected chi connectivity index (χ3v) is 8.37. The molecule has 1 aliphatic heterocycles. The fourth-order valence-electron chi connectivity index (χ4n) is 4.06. The van der Waals surface area contributed by atoms with Crippen molar-refractivity contribution in [2.24, 2.45) is 5.92 Å². The van der Waals surface area contributed by atoms with Crippen molar-refractivity contribution in [1.29, 1.82) is 0 Å². The quantitative estimate of drug-likeness (QED) is 0.668. The summed E-state index contributed by atoms with van der Waals surface area (Å²) in [5.74, 6) is 2.32. The minimum Gasteiger partial charge on any atom is -0.497 e. The molecule has 0 bridgehead atoms. The topological polar surface area (TPSA) is 89.6 Å². The maximum Gasteiger partial charge on any atom is 0.211 e. The van der Waals surface area contributed by atoms with E-state index in [9.17, 15) is 8.42 Å². The Hall–Kier alpha value is -1.84. The second-order valence-corrected chi connectivity index (χ2v) is 11.0. The summed E-state index contributed by atoms with van der Waals surface area (Å²) in [6.45, 7) is 3.18. The Morgan fingerprint density at radius 2 is 2.07 bits per heavy atom. The number of anilines is 1. The number of fused-ring (bicyclic) bond motifs is 3. The van der Waals surface area contributed by atoms with Crippen molar-refractivity contribution >= 4 is 26.5 Å². The summed E-state index contributed by atoms with van der Waals surface area (Å²) in [5.41, 5.74) is 1.96. The Morgan fingerprint density at radius 1 is 1.27 bits per heavy atom. The van der Waals surface area contributed by atoms with Gasteiger partial charge in [0.25, 0.3) is 0 Å². The fourth-order valence-corrected chi connectivity index (χ4v) is 5.93. The first kappa shape index (κ1) is 21.4. The van der Waals surface area contributed by atoms with Crippen molar-refractivity contribution in [2.45, 2.75) is 45.1 Å². The minimum atomic E-state index is -3.12. The number of ether oxygens (including phenoxy) is 2. The molecule has 0 radical (unpaired) electrons. The number of nitrogens with one attached hydrogen (secondary N) is 2. The maximum absolute atomic E-state index is 11.8. The highest BCUT2D eigenvalue weighted by atomic mass is 32.2. The lowest BCUT2D eigenvalue weighted by atomic mass is 9.86. The standard InChI is InChI=1S/C21H29N3O4S2/c1-3-30(25,26)24-15-6-4-14(5-7-15)13-22-21-23-20-17-12-16(27-2)8-9-18(17)28-11-10-19(20)29-21/h8-9,12,14-15,24H,3-7,10-11,13H2,1-2H3,(H,22,23)/t14-,15-. The summed E-state index contributed by atoms with van der Waals surface area (Å²) in [6, 6.07) is 5.92. The van der Waals surface area contributed by atoms with E-state index in [0.29, 0.717) is 12.5 Å². The second kappa shape index (κ2) is 9.11. The number of methoxy groups -OCH3 is 1. The van der Waals surface area contributed by atoms with Crippen molar-refractivity contribution < 1.29 is 17.9 Å². The molecular formula is C21H29N3O4S2. The maximum atomic E-state index is 11.8. The lowest BCUT2D eigenvalue weighted by Crippen LogP contribution is -2.39. The molecule has 1 aromatic heterocycles. The lowest BCUT2D eigenvalue weighted by molar-refractivity contribution is 0.324. The number of thiazole rings is 1. The van der Waals surface area contributed by atoms with Crippen molar-refractivity contribution in [3.8, 4) is 22.8 Å². The molecule has 1 aromatic carbocycles. The zero-order chi connectivity index (χ0) is 21.1. The molecule has 9 heteroatoms. The number of nitrogens with zero attached hydrogens (tertiary/aromatic N) is 1. The van der Waals surface area contributed by atoms with Crippen LogP contribution in [0.4, 0.5) is 5.13 Å². The van der Waals surface area contributed by atoms with Gasteiger partial charge < -0.3 is 14.8 Å². The second-order valence-electron chi connectivity index (χ2n) is 7.87. The summed E-state index contributed by atoms with van der Waals surface area (Å²) in [7, 11) is -1.46. The number of benzene rings is 1. The molecule has 164 valence electrons. The van der Waals surface area contributed by atoms with E-state index < -0.39 is 10.0 Å². The van der Waals surface area contributed by atoms with Crippen LogP contribution >= 0.6 is 11.3 Å². The normalized spacial score (nSPS) is 21.1. The highest BCUT2D eigenvalue weighted by Gasteiger charge is 2.25. The van der Waals surface area contributed by atoms with Gasteiger partial charge in [-0.3, -0.25) is 0 Å². The van der Waals surface area contributed by atoms with Gasteiger partial charge in [0.1, 0.15) is 11.5 Å². The van der Waals surface area contributed by atoms with Crippen molar-refractivity contribution in [1.82, 2.24) is 9.71 Å². The first-order valence-electron chi connectivity index (χ1n) is 10.5. The van der Waals surface area contributed by atoms with Crippen LogP contribution in [0.5, 0.6) is 11.5 Å². The van der Waals surface area contributed by atoms with Crippen LogP contribution in [0.25, 0.3) is 11.3 Å². The molecule has 7 nitrogen and oxygen atoms in total. The van der Waals surface area contributed by atoms with E-state index in [2.05, 4.69) is 10.0 Å². The fraction of sp³-hybridized carbons (Fsp3) is 0.571. The predicted octanol–water partition coefficient (Wildman–Crippen LogP) is 3.66. The molecule has 1 fully saturated rings. The van der Waals surface area contributed by atoms with E-state index in [1.165, 1.54) is 4.88 Å². The van der Waals surface area contributed by atoms with Gasteiger partial charge in [-0.1, -0.05) is 0 Å². The molecule has 1 aliphatic carbocycles. The Kier molecular flexibility index (Phi) is 6.50. The van der Waals surface area contributed by atoms with Gasteiger partial charge >= 0.3 is 0 Å². The molecule has 0 unspecified atom stereocenters. The zero-order valence-corrected chi connectivity index (χ0v) is 19.1. The van der Waals surface area contributed by atoms with Gasteiger partial charge in [-0.2, -0.15) is 0 Å². The lowest BCUT2D eigenvalue weighted by Gasteiger charge is -2.28. The average molecular weight is 452 g/mol. The molecule has 1 saturated carbocycles. The number of hydrogen-bond donors (Lipinski definition) is 2. The van der Waals surface area contributed by atoms with Gasteiger partial charge in [0.05, 0.1) is 25.2 Å². The largest absolute Gasteiger partial charge is 0.497 e. The van der Waals surface area contributed by atoms with Crippen molar-refractivity contribution in [3.05, 3.63) is 23.1 Å². The first-order chi connectivity index (χ1) is 14.5. The highest BCUT2D eigenvalue weighted by Crippen LogP contribution is 2.41. The Balaban J connectivity index is 1.38. The molecular weight excluding hydrogens is 422 g/mol. The van der Waals surface area contributed by atoms with E-state index in [0.717, 1.165) is 66.5 Å². The molecule has 4 rings (SSSR count). The summed E-state index contributed by atoms with van der Waals surface area (Å²) in [4.78, 5) is 6.09. The Bertz CT molecular complexity index is 982. The molecule has 0 spiro atoms.